The maximum atomic E-state index is 13.6. The van der Waals surface area contributed by atoms with Gasteiger partial charge in [-0.2, -0.15) is 0 Å². The number of carbonyl (C=O) groups is 1. The van der Waals surface area contributed by atoms with Gasteiger partial charge in [0.05, 0.1) is 12.3 Å². The molecule has 3 heterocycles. The first kappa shape index (κ1) is 24.1. The Bertz CT molecular complexity index is 1060. The molecule has 5 rings (SSSR count). The molecule has 190 valence electrons. The number of halogens is 3. The number of benzene rings is 1. The molecule has 2 aliphatic heterocycles. The van der Waals surface area contributed by atoms with Crippen LogP contribution in [0.4, 0.5) is 13.2 Å². The van der Waals surface area contributed by atoms with Crippen molar-refractivity contribution in [1.82, 2.24) is 19.4 Å². The Morgan fingerprint density at radius 2 is 1.74 bits per heavy atom. The van der Waals surface area contributed by atoms with Crippen molar-refractivity contribution in [2.24, 2.45) is 0 Å². The van der Waals surface area contributed by atoms with Gasteiger partial charge in [-0.05, 0) is 76.3 Å². The lowest BCUT2D eigenvalue weighted by molar-refractivity contribution is -0.274. The molecule has 1 N–H and O–H groups in total. The van der Waals surface area contributed by atoms with Gasteiger partial charge in [0.15, 0.2) is 0 Å². The highest BCUT2D eigenvalue weighted by molar-refractivity contribution is 5.95. The van der Waals surface area contributed by atoms with Crippen molar-refractivity contribution in [3.63, 3.8) is 0 Å². The summed E-state index contributed by atoms with van der Waals surface area (Å²) in [7, 11) is 0. The lowest BCUT2D eigenvalue weighted by Gasteiger charge is -2.39. The number of imidazole rings is 1. The van der Waals surface area contributed by atoms with Crippen LogP contribution in [0.5, 0.6) is 5.75 Å². The summed E-state index contributed by atoms with van der Waals surface area (Å²) in [6.45, 7) is 4.33. The third-order valence-electron chi connectivity index (χ3n) is 7.40. The predicted octanol–water partition coefficient (Wildman–Crippen LogP) is 4.15. The maximum absolute atomic E-state index is 13.6. The van der Waals surface area contributed by atoms with Gasteiger partial charge in [0, 0.05) is 36.8 Å². The number of aromatic nitrogens is 2. The van der Waals surface area contributed by atoms with E-state index in [2.05, 4.69) is 14.6 Å². The number of hydrogen-bond donors (Lipinski definition) is 1. The van der Waals surface area contributed by atoms with Crippen LogP contribution in [0.2, 0.25) is 0 Å². The summed E-state index contributed by atoms with van der Waals surface area (Å²) < 4.78 is 43.5. The summed E-state index contributed by atoms with van der Waals surface area (Å²) >= 11 is 0. The van der Waals surface area contributed by atoms with E-state index in [1.807, 2.05) is 16.4 Å². The summed E-state index contributed by atoms with van der Waals surface area (Å²) in [5.41, 5.74) is 1.86. The summed E-state index contributed by atoms with van der Waals surface area (Å²) in [6, 6.07) is 6.44. The molecule has 2 saturated heterocycles. The van der Waals surface area contributed by atoms with Crippen molar-refractivity contribution in [2.75, 3.05) is 26.2 Å². The molecular weight excluding hydrogens is 461 g/mol. The highest BCUT2D eigenvalue weighted by Gasteiger charge is 2.37. The number of ether oxygens (including phenoxy) is 1. The summed E-state index contributed by atoms with van der Waals surface area (Å²) in [5.74, 6) is 0.275. The topological polar surface area (TPSA) is 70.8 Å². The molecule has 1 amide bonds. The summed E-state index contributed by atoms with van der Waals surface area (Å²) in [5, 5.41) is 9.66. The molecule has 1 aromatic heterocycles. The van der Waals surface area contributed by atoms with E-state index in [0.717, 1.165) is 45.1 Å². The Morgan fingerprint density at radius 3 is 2.34 bits per heavy atom. The fraction of sp³-hybridized carbons (Fsp3) is 0.600. The Hall–Kier alpha value is -2.59. The molecule has 1 aromatic carbocycles. The van der Waals surface area contributed by atoms with Gasteiger partial charge in [0.2, 0.25) is 0 Å². The minimum Gasteiger partial charge on any atom is -0.406 e. The first-order valence-electron chi connectivity index (χ1n) is 12.4. The zero-order chi connectivity index (χ0) is 24.7. The van der Waals surface area contributed by atoms with Crippen molar-refractivity contribution < 1.29 is 27.8 Å². The van der Waals surface area contributed by atoms with E-state index in [4.69, 9.17) is 0 Å². The second kappa shape index (κ2) is 9.46. The molecule has 3 aliphatic rings. The third kappa shape index (κ3) is 5.04. The van der Waals surface area contributed by atoms with Crippen LogP contribution in [0.3, 0.4) is 0 Å². The van der Waals surface area contributed by atoms with Crippen molar-refractivity contribution in [3.05, 3.63) is 35.7 Å². The standard InChI is InChI=1S/C25H31F3N4O3/c1-16-22(24(34)30-13-10-18(11-14-30)31-12-2-3-20(31)15-33)32(19-6-7-19)23(29-16)17-4-8-21(9-5-17)35-25(26,27)28/h4-5,8-9,18-20,33H,2-3,6-7,10-15H2,1H3/t20-/m0/s1. The van der Waals surface area contributed by atoms with Gasteiger partial charge in [-0.15, -0.1) is 13.2 Å². The molecule has 0 bridgehead atoms. The smallest absolute Gasteiger partial charge is 0.406 e. The lowest BCUT2D eigenvalue weighted by atomic mass is 10.0. The number of aliphatic hydroxyl groups is 1. The number of aryl methyl sites for hydroxylation is 1. The molecule has 10 heteroatoms. The average Bonchev–Trinajstić information content (AvgIpc) is 3.45. The predicted molar refractivity (Wildman–Crippen MR) is 123 cm³/mol. The Morgan fingerprint density at radius 1 is 1.06 bits per heavy atom. The van der Waals surface area contributed by atoms with Crippen molar-refractivity contribution in [3.8, 4) is 17.1 Å². The molecule has 7 nitrogen and oxygen atoms in total. The number of likely N-dealkylation sites (tertiary alicyclic amines) is 2. The third-order valence-corrected chi connectivity index (χ3v) is 7.40. The zero-order valence-corrected chi connectivity index (χ0v) is 19.8. The average molecular weight is 493 g/mol. The first-order chi connectivity index (χ1) is 16.7. The lowest BCUT2D eigenvalue weighted by Crippen LogP contribution is -2.49. The van der Waals surface area contributed by atoms with E-state index >= 15 is 0 Å². The quantitative estimate of drug-likeness (QED) is 0.656. The van der Waals surface area contributed by atoms with Gasteiger partial charge in [-0.1, -0.05) is 0 Å². The van der Waals surface area contributed by atoms with Crippen molar-refractivity contribution >= 4 is 5.91 Å². The molecule has 1 atom stereocenters. The fourth-order valence-corrected chi connectivity index (χ4v) is 5.59. The number of rotatable bonds is 6. The molecule has 2 aromatic rings. The molecule has 0 unspecified atom stereocenters. The molecule has 1 saturated carbocycles. The van der Waals surface area contributed by atoms with Gasteiger partial charge < -0.3 is 19.3 Å². The SMILES string of the molecule is Cc1nc(-c2ccc(OC(F)(F)F)cc2)n(C2CC2)c1C(=O)N1CCC(N2CCC[C@H]2CO)CC1. The monoisotopic (exact) mass is 492 g/mol. The van der Waals surface area contributed by atoms with E-state index in [9.17, 15) is 23.1 Å². The highest BCUT2D eigenvalue weighted by atomic mass is 19.4. The maximum Gasteiger partial charge on any atom is 0.573 e. The van der Waals surface area contributed by atoms with E-state index in [-0.39, 0.29) is 30.3 Å². The molecule has 0 radical (unpaired) electrons. The molecule has 1 aliphatic carbocycles. The zero-order valence-electron chi connectivity index (χ0n) is 19.8. The Kier molecular flexibility index (Phi) is 6.52. The van der Waals surface area contributed by atoms with Crippen LogP contribution < -0.4 is 4.74 Å². The van der Waals surface area contributed by atoms with E-state index in [0.29, 0.717) is 41.9 Å². The molecule has 3 fully saturated rings. The van der Waals surface area contributed by atoms with Crippen molar-refractivity contribution in [1.29, 1.82) is 0 Å². The normalized spacial score (nSPS) is 22.1. The molecule has 0 spiro atoms. The number of alkyl halides is 3. The Balaban J connectivity index is 1.34. The minimum absolute atomic E-state index is 0.0382. The van der Waals surface area contributed by atoms with Crippen LogP contribution in [0.25, 0.3) is 11.4 Å². The van der Waals surface area contributed by atoms with Gasteiger partial charge in [-0.25, -0.2) is 4.98 Å². The second-order valence-corrected chi connectivity index (χ2v) is 9.78. The molecule has 35 heavy (non-hydrogen) atoms. The van der Waals surface area contributed by atoms with Gasteiger partial charge in [0.25, 0.3) is 5.91 Å². The number of piperidine rings is 1. The minimum atomic E-state index is -4.74. The number of hydrogen-bond acceptors (Lipinski definition) is 5. The first-order valence-corrected chi connectivity index (χ1v) is 12.4. The number of carbonyl (C=O) groups excluding carboxylic acids is 1. The fourth-order valence-electron chi connectivity index (χ4n) is 5.59. The largest absolute Gasteiger partial charge is 0.573 e. The van der Waals surface area contributed by atoms with Gasteiger partial charge >= 0.3 is 6.36 Å². The van der Waals surface area contributed by atoms with Crippen LogP contribution >= 0.6 is 0 Å². The van der Waals surface area contributed by atoms with Crippen LogP contribution in [0.15, 0.2) is 24.3 Å². The number of nitrogens with zero attached hydrogens (tertiary/aromatic N) is 4. The summed E-state index contributed by atoms with van der Waals surface area (Å²) in [6.07, 6.45) is 1.04. The highest BCUT2D eigenvalue weighted by Crippen LogP contribution is 2.41. The molecular formula is C25H31F3N4O3. The Labute approximate surface area is 202 Å². The van der Waals surface area contributed by atoms with E-state index < -0.39 is 6.36 Å². The number of amides is 1. The second-order valence-electron chi connectivity index (χ2n) is 9.78. The van der Waals surface area contributed by atoms with Gasteiger partial charge in [-0.3, -0.25) is 9.69 Å². The number of aliphatic hydroxyl groups excluding tert-OH is 1. The van der Waals surface area contributed by atoms with E-state index in [1.165, 1.54) is 12.1 Å². The van der Waals surface area contributed by atoms with Crippen LogP contribution in [0, 0.1) is 6.92 Å². The van der Waals surface area contributed by atoms with Crippen LogP contribution in [-0.2, 0) is 0 Å². The summed E-state index contributed by atoms with van der Waals surface area (Å²) in [4.78, 5) is 22.6. The van der Waals surface area contributed by atoms with Crippen molar-refractivity contribution in [2.45, 2.75) is 69.9 Å². The van der Waals surface area contributed by atoms with Crippen LogP contribution in [0.1, 0.15) is 60.7 Å². The van der Waals surface area contributed by atoms with Crippen LogP contribution in [-0.4, -0.2) is 75.1 Å². The van der Waals surface area contributed by atoms with E-state index in [1.54, 1.807) is 12.1 Å². The van der Waals surface area contributed by atoms with Gasteiger partial charge in [0.1, 0.15) is 17.3 Å².